The highest BCUT2D eigenvalue weighted by Crippen LogP contribution is 2.30. The maximum atomic E-state index is 13.3. The summed E-state index contributed by atoms with van der Waals surface area (Å²) in [5.74, 6) is 0.558. The predicted octanol–water partition coefficient (Wildman–Crippen LogP) is 2.84. The molecule has 1 amide bonds. The van der Waals surface area contributed by atoms with Crippen LogP contribution in [0.5, 0.6) is 5.75 Å². The van der Waals surface area contributed by atoms with Gasteiger partial charge in [-0.1, -0.05) is 6.42 Å². The zero-order chi connectivity index (χ0) is 17.1. The normalized spacial score (nSPS) is 22.9. The Hall–Kier alpha value is -1.24. The van der Waals surface area contributed by atoms with Crippen LogP contribution in [0.2, 0.25) is 0 Å². The van der Waals surface area contributed by atoms with Crippen molar-refractivity contribution in [2.75, 3.05) is 38.2 Å². The first kappa shape index (κ1) is 22.8. The van der Waals surface area contributed by atoms with E-state index < -0.39 is 0 Å². The zero-order valence-corrected chi connectivity index (χ0v) is 16.7. The zero-order valence-electron chi connectivity index (χ0n) is 15.0. The van der Waals surface area contributed by atoms with E-state index in [4.69, 9.17) is 10.5 Å². The van der Waals surface area contributed by atoms with Gasteiger partial charge in [0.1, 0.15) is 11.6 Å². The summed E-state index contributed by atoms with van der Waals surface area (Å²) in [6.07, 6.45) is 3.84. The number of carbonyl (C=O) groups excluding carboxylic acids is 1. The standard InChI is InChI=1S/C18H26FN3O2.2ClH/c1-24-17-12-14(19)5-6-16(17)21-7-9-22(10-8-21)18(23)13-3-2-4-15(20)11-13;;/h5-6,12-13,15H,2-4,7-11,20H2,1H3;2*1H. The maximum absolute atomic E-state index is 13.3. The fourth-order valence-corrected chi connectivity index (χ4v) is 3.79. The van der Waals surface area contributed by atoms with E-state index in [9.17, 15) is 9.18 Å². The lowest BCUT2D eigenvalue weighted by Gasteiger charge is -2.39. The second kappa shape index (κ2) is 10.2. The highest BCUT2D eigenvalue weighted by Gasteiger charge is 2.31. The molecule has 2 atom stereocenters. The van der Waals surface area contributed by atoms with E-state index >= 15 is 0 Å². The molecule has 0 spiro atoms. The predicted molar refractivity (Wildman–Crippen MR) is 106 cm³/mol. The molecule has 1 aliphatic carbocycles. The van der Waals surface area contributed by atoms with E-state index in [1.165, 1.54) is 12.1 Å². The minimum absolute atomic E-state index is 0. The average molecular weight is 408 g/mol. The van der Waals surface area contributed by atoms with Crippen molar-refractivity contribution in [1.82, 2.24) is 4.90 Å². The van der Waals surface area contributed by atoms with Gasteiger partial charge in [0.2, 0.25) is 5.91 Å². The van der Waals surface area contributed by atoms with E-state index in [0.717, 1.165) is 44.5 Å². The molecule has 1 aromatic rings. The number of ether oxygens (including phenoxy) is 1. The molecule has 148 valence electrons. The Labute approximate surface area is 166 Å². The molecular formula is C18H28Cl2FN3O2. The summed E-state index contributed by atoms with van der Waals surface area (Å²) in [4.78, 5) is 16.8. The van der Waals surface area contributed by atoms with Crippen molar-refractivity contribution in [3.8, 4) is 5.75 Å². The molecule has 2 unspecified atom stereocenters. The maximum Gasteiger partial charge on any atom is 0.225 e. The second-order valence-electron chi connectivity index (χ2n) is 6.75. The lowest BCUT2D eigenvalue weighted by molar-refractivity contribution is -0.137. The highest BCUT2D eigenvalue weighted by atomic mass is 35.5. The summed E-state index contributed by atoms with van der Waals surface area (Å²) < 4.78 is 18.6. The Balaban J connectivity index is 0.00000169. The molecule has 5 nitrogen and oxygen atoms in total. The third-order valence-corrected chi connectivity index (χ3v) is 5.14. The molecule has 2 aliphatic rings. The number of methoxy groups -OCH3 is 1. The number of amides is 1. The molecular weight excluding hydrogens is 380 g/mol. The van der Waals surface area contributed by atoms with Crippen LogP contribution in [0.4, 0.5) is 10.1 Å². The number of anilines is 1. The van der Waals surface area contributed by atoms with Gasteiger partial charge in [-0.05, 0) is 31.4 Å². The summed E-state index contributed by atoms with van der Waals surface area (Å²) in [6.45, 7) is 2.83. The molecule has 1 aromatic carbocycles. The molecule has 26 heavy (non-hydrogen) atoms. The van der Waals surface area contributed by atoms with Crippen molar-refractivity contribution >= 4 is 36.4 Å². The Kier molecular flexibility index (Phi) is 8.93. The highest BCUT2D eigenvalue weighted by molar-refractivity contribution is 5.85. The topological polar surface area (TPSA) is 58.8 Å². The van der Waals surface area contributed by atoms with E-state index in [0.29, 0.717) is 18.8 Å². The molecule has 8 heteroatoms. The van der Waals surface area contributed by atoms with Crippen molar-refractivity contribution in [1.29, 1.82) is 0 Å². The Bertz CT molecular complexity index is 598. The van der Waals surface area contributed by atoms with Crippen LogP contribution < -0.4 is 15.4 Å². The molecule has 0 radical (unpaired) electrons. The summed E-state index contributed by atoms with van der Waals surface area (Å²) in [6, 6.07) is 4.75. The van der Waals surface area contributed by atoms with Gasteiger partial charge in [-0.2, -0.15) is 0 Å². The molecule has 0 aromatic heterocycles. The second-order valence-corrected chi connectivity index (χ2v) is 6.75. The lowest BCUT2D eigenvalue weighted by Crippen LogP contribution is -2.51. The van der Waals surface area contributed by atoms with Gasteiger partial charge >= 0.3 is 0 Å². The van der Waals surface area contributed by atoms with Gasteiger partial charge in [-0.3, -0.25) is 4.79 Å². The van der Waals surface area contributed by atoms with Crippen molar-refractivity contribution in [2.24, 2.45) is 11.7 Å². The van der Waals surface area contributed by atoms with Crippen LogP contribution >= 0.6 is 24.8 Å². The van der Waals surface area contributed by atoms with Gasteiger partial charge in [0.25, 0.3) is 0 Å². The van der Waals surface area contributed by atoms with Gasteiger partial charge in [0.15, 0.2) is 0 Å². The molecule has 3 rings (SSSR count). The third-order valence-electron chi connectivity index (χ3n) is 5.14. The quantitative estimate of drug-likeness (QED) is 0.836. The van der Waals surface area contributed by atoms with Crippen molar-refractivity contribution in [3.05, 3.63) is 24.0 Å². The first-order valence-corrected chi connectivity index (χ1v) is 8.71. The number of hydrogen-bond donors (Lipinski definition) is 1. The smallest absolute Gasteiger partial charge is 0.225 e. The number of rotatable bonds is 3. The fraction of sp³-hybridized carbons (Fsp3) is 0.611. The molecule has 0 bridgehead atoms. The largest absolute Gasteiger partial charge is 0.494 e. The first-order chi connectivity index (χ1) is 11.6. The molecule has 1 heterocycles. The van der Waals surface area contributed by atoms with Crippen molar-refractivity contribution in [2.45, 2.75) is 31.7 Å². The Morgan fingerprint density at radius 1 is 1.19 bits per heavy atom. The first-order valence-electron chi connectivity index (χ1n) is 8.71. The van der Waals surface area contributed by atoms with Crippen LogP contribution in [0.1, 0.15) is 25.7 Å². The molecule has 1 saturated carbocycles. The van der Waals surface area contributed by atoms with Gasteiger partial charge in [0.05, 0.1) is 12.8 Å². The van der Waals surface area contributed by atoms with Crippen molar-refractivity contribution in [3.63, 3.8) is 0 Å². The summed E-state index contributed by atoms with van der Waals surface area (Å²) in [7, 11) is 1.55. The van der Waals surface area contributed by atoms with E-state index in [-0.39, 0.29) is 48.5 Å². The van der Waals surface area contributed by atoms with E-state index in [1.54, 1.807) is 13.2 Å². The monoisotopic (exact) mass is 407 g/mol. The SMILES string of the molecule is COc1cc(F)ccc1N1CCN(C(=O)C2CCCC(N)C2)CC1.Cl.Cl. The van der Waals surface area contributed by atoms with E-state index in [2.05, 4.69) is 4.90 Å². The number of piperazine rings is 1. The Morgan fingerprint density at radius 3 is 2.50 bits per heavy atom. The lowest BCUT2D eigenvalue weighted by atomic mass is 9.85. The number of hydrogen-bond acceptors (Lipinski definition) is 4. The van der Waals surface area contributed by atoms with Gasteiger partial charge < -0.3 is 20.3 Å². The number of carbonyl (C=O) groups is 1. The van der Waals surface area contributed by atoms with Crippen LogP contribution in [0, 0.1) is 11.7 Å². The minimum Gasteiger partial charge on any atom is -0.494 e. The van der Waals surface area contributed by atoms with Crippen LogP contribution in [0.3, 0.4) is 0 Å². The summed E-state index contributed by atoms with van der Waals surface area (Å²) >= 11 is 0. The summed E-state index contributed by atoms with van der Waals surface area (Å²) in [5, 5.41) is 0. The average Bonchev–Trinajstić information content (AvgIpc) is 2.61. The van der Waals surface area contributed by atoms with Crippen LogP contribution in [0.15, 0.2) is 18.2 Å². The van der Waals surface area contributed by atoms with Crippen LogP contribution in [-0.2, 0) is 4.79 Å². The minimum atomic E-state index is -0.307. The van der Waals surface area contributed by atoms with Gasteiger partial charge in [-0.25, -0.2) is 4.39 Å². The Morgan fingerprint density at radius 2 is 1.88 bits per heavy atom. The third kappa shape index (κ3) is 5.15. The van der Waals surface area contributed by atoms with Gasteiger partial charge in [0, 0.05) is 44.2 Å². The molecule has 2 N–H and O–H groups in total. The number of nitrogens with zero attached hydrogens (tertiary/aromatic N) is 2. The number of benzene rings is 1. The molecule has 1 aliphatic heterocycles. The van der Waals surface area contributed by atoms with E-state index in [1.807, 2.05) is 4.90 Å². The summed E-state index contributed by atoms with van der Waals surface area (Å²) in [5.41, 5.74) is 6.89. The molecule has 2 fully saturated rings. The number of halogens is 3. The van der Waals surface area contributed by atoms with Crippen LogP contribution in [-0.4, -0.2) is 50.1 Å². The molecule has 1 saturated heterocycles. The van der Waals surface area contributed by atoms with Gasteiger partial charge in [-0.15, -0.1) is 24.8 Å². The van der Waals surface area contributed by atoms with Crippen LogP contribution in [0.25, 0.3) is 0 Å². The number of nitrogens with two attached hydrogens (primary N) is 1. The fourth-order valence-electron chi connectivity index (χ4n) is 3.79. The van der Waals surface area contributed by atoms with Crippen molar-refractivity contribution < 1.29 is 13.9 Å².